The number of hydrogen-bond donors (Lipinski definition) is 1. The molecule has 0 radical (unpaired) electrons. The Bertz CT molecular complexity index is 516. The predicted molar refractivity (Wildman–Crippen MR) is 74.5 cm³/mol. The molecule has 0 heterocycles. The predicted octanol–water partition coefficient (Wildman–Crippen LogP) is 2.65. The molecule has 110 valence electrons. The number of nitrogens with zero attached hydrogens (tertiary/aromatic N) is 2. The maximum atomic E-state index is 13.7. The summed E-state index contributed by atoms with van der Waals surface area (Å²) in [5.41, 5.74) is -0.522. The van der Waals surface area contributed by atoms with Crippen LogP contribution in [0.25, 0.3) is 0 Å². The van der Waals surface area contributed by atoms with E-state index in [0.717, 1.165) is 6.07 Å². The molecule has 0 spiro atoms. The Morgan fingerprint density at radius 3 is 2.40 bits per heavy atom. The van der Waals surface area contributed by atoms with Gasteiger partial charge in [-0.25, -0.2) is 4.39 Å². The molecule has 1 aromatic carbocycles. The van der Waals surface area contributed by atoms with E-state index < -0.39 is 22.3 Å². The first-order valence-corrected chi connectivity index (χ1v) is 6.47. The van der Waals surface area contributed by atoms with Crippen LogP contribution in [-0.4, -0.2) is 35.4 Å². The van der Waals surface area contributed by atoms with Gasteiger partial charge in [-0.2, -0.15) is 0 Å². The fraction of sp³-hybridized carbons (Fsp3) is 0.462. The van der Waals surface area contributed by atoms with Crippen LogP contribution in [0.4, 0.5) is 15.8 Å². The normalized spacial score (nSPS) is 10.2. The molecular formula is C13H18FN3O3. The topological polar surface area (TPSA) is 75.5 Å². The molecule has 1 amide bonds. The summed E-state index contributed by atoms with van der Waals surface area (Å²) in [7, 11) is 0. The van der Waals surface area contributed by atoms with Gasteiger partial charge in [0, 0.05) is 19.6 Å². The van der Waals surface area contributed by atoms with E-state index >= 15 is 0 Å². The lowest BCUT2D eigenvalue weighted by Gasteiger charge is -2.19. The maximum absolute atomic E-state index is 13.7. The van der Waals surface area contributed by atoms with Crippen LogP contribution in [0.5, 0.6) is 0 Å². The Balaban J connectivity index is 3.37. The molecule has 1 N–H and O–H groups in total. The van der Waals surface area contributed by atoms with Gasteiger partial charge >= 0.3 is 0 Å². The van der Waals surface area contributed by atoms with Crippen molar-refractivity contribution in [2.75, 3.05) is 25.0 Å². The lowest BCUT2D eigenvalue weighted by molar-refractivity contribution is -0.385. The van der Waals surface area contributed by atoms with Gasteiger partial charge in [0.15, 0.2) is 5.82 Å². The van der Waals surface area contributed by atoms with Gasteiger partial charge in [0.05, 0.1) is 16.7 Å². The number of nitro groups is 1. The zero-order valence-electron chi connectivity index (χ0n) is 11.8. The molecule has 0 aromatic heterocycles. The highest BCUT2D eigenvalue weighted by Crippen LogP contribution is 2.27. The molecule has 0 saturated heterocycles. The Morgan fingerprint density at radius 2 is 1.95 bits per heavy atom. The average Bonchev–Trinajstić information content (AvgIpc) is 2.41. The molecule has 20 heavy (non-hydrogen) atoms. The molecule has 0 unspecified atom stereocenters. The minimum absolute atomic E-state index is 0.0913. The monoisotopic (exact) mass is 283 g/mol. The van der Waals surface area contributed by atoms with E-state index in [1.807, 2.05) is 0 Å². The van der Waals surface area contributed by atoms with Crippen molar-refractivity contribution < 1.29 is 14.1 Å². The summed E-state index contributed by atoms with van der Waals surface area (Å²) in [5.74, 6) is -1.21. The largest absolute Gasteiger partial charge is 0.383 e. The van der Waals surface area contributed by atoms with Gasteiger partial charge in [0.25, 0.3) is 11.6 Å². The number of amides is 1. The van der Waals surface area contributed by atoms with Gasteiger partial charge < -0.3 is 10.2 Å². The van der Waals surface area contributed by atoms with Crippen molar-refractivity contribution in [3.8, 4) is 0 Å². The Kier molecular flexibility index (Phi) is 5.42. The zero-order chi connectivity index (χ0) is 15.3. The fourth-order valence-electron chi connectivity index (χ4n) is 1.89. The smallest absolute Gasteiger partial charge is 0.285 e. The molecule has 0 saturated carbocycles. The number of carbonyl (C=O) groups is 1. The van der Waals surface area contributed by atoms with Crippen LogP contribution >= 0.6 is 0 Å². The average molecular weight is 283 g/mol. The highest BCUT2D eigenvalue weighted by Gasteiger charge is 2.26. The molecule has 0 fully saturated rings. The fourth-order valence-corrected chi connectivity index (χ4v) is 1.89. The molecule has 6 nitrogen and oxygen atoms in total. The highest BCUT2D eigenvalue weighted by atomic mass is 19.1. The van der Waals surface area contributed by atoms with Crippen LogP contribution in [0.3, 0.4) is 0 Å². The molecule has 0 aliphatic rings. The molecule has 7 heteroatoms. The van der Waals surface area contributed by atoms with E-state index in [4.69, 9.17) is 0 Å². The lowest BCUT2D eigenvalue weighted by Crippen LogP contribution is -2.31. The molecule has 0 bridgehead atoms. The molecule has 0 aliphatic carbocycles. The molecule has 1 aromatic rings. The Morgan fingerprint density at radius 1 is 1.35 bits per heavy atom. The molecule has 1 rings (SSSR count). The van der Waals surface area contributed by atoms with Gasteiger partial charge in [0.2, 0.25) is 0 Å². The summed E-state index contributed by atoms with van der Waals surface area (Å²) in [5, 5.41) is 13.7. The van der Waals surface area contributed by atoms with Gasteiger partial charge in [-0.15, -0.1) is 0 Å². The van der Waals surface area contributed by atoms with Gasteiger partial charge in [-0.3, -0.25) is 14.9 Å². The maximum Gasteiger partial charge on any atom is 0.285 e. The van der Waals surface area contributed by atoms with E-state index in [9.17, 15) is 19.3 Å². The van der Waals surface area contributed by atoms with Crippen molar-refractivity contribution in [2.24, 2.45) is 0 Å². The van der Waals surface area contributed by atoms with E-state index in [0.29, 0.717) is 19.6 Å². The van der Waals surface area contributed by atoms with Crippen molar-refractivity contribution in [3.63, 3.8) is 0 Å². The summed E-state index contributed by atoms with van der Waals surface area (Å²) in [6.07, 6.45) is 0. The molecule has 0 aliphatic heterocycles. The Hall–Kier alpha value is -2.18. The van der Waals surface area contributed by atoms with Crippen molar-refractivity contribution in [2.45, 2.75) is 20.8 Å². The van der Waals surface area contributed by atoms with Gasteiger partial charge in [0.1, 0.15) is 5.56 Å². The van der Waals surface area contributed by atoms with E-state index in [1.165, 1.54) is 11.0 Å². The van der Waals surface area contributed by atoms with Crippen molar-refractivity contribution >= 4 is 17.3 Å². The second-order valence-corrected chi connectivity index (χ2v) is 4.11. The third-order valence-electron chi connectivity index (χ3n) is 2.93. The lowest BCUT2D eigenvalue weighted by atomic mass is 10.1. The number of rotatable bonds is 6. The molecular weight excluding hydrogens is 265 g/mol. The number of anilines is 1. The summed E-state index contributed by atoms with van der Waals surface area (Å²) in [4.78, 5) is 24.0. The minimum atomic E-state index is -0.741. The minimum Gasteiger partial charge on any atom is -0.383 e. The van der Waals surface area contributed by atoms with Crippen LogP contribution in [0.15, 0.2) is 12.1 Å². The van der Waals surface area contributed by atoms with Gasteiger partial charge in [-0.1, -0.05) is 0 Å². The number of nitrogens with one attached hydrogen (secondary N) is 1. The summed E-state index contributed by atoms with van der Waals surface area (Å²) < 4.78 is 13.7. The number of hydrogen-bond acceptors (Lipinski definition) is 4. The summed E-state index contributed by atoms with van der Waals surface area (Å²) >= 11 is 0. The molecule has 0 atom stereocenters. The number of nitro benzene ring substituents is 1. The third kappa shape index (κ3) is 3.23. The van der Waals surface area contributed by atoms with Crippen molar-refractivity contribution in [1.29, 1.82) is 0 Å². The first-order valence-electron chi connectivity index (χ1n) is 6.47. The highest BCUT2D eigenvalue weighted by molar-refractivity contribution is 5.99. The van der Waals surface area contributed by atoms with Crippen LogP contribution in [-0.2, 0) is 0 Å². The van der Waals surface area contributed by atoms with Crippen LogP contribution in [0.1, 0.15) is 31.1 Å². The Labute approximate surface area is 116 Å². The number of halogens is 1. The SMILES string of the molecule is CCNc1cc(C(=O)N(CC)CC)c([N+](=O)[O-])cc1F. The van der Waals surface area contributed by atoms with Crippen LogP contribution in [0, 0.1) is 15.9 Å². The zero-order valence-corrected chi connectivity index (χ0v) is 11.8. The first-order chi connectivity index (χ1) is 9.46. The second kappa shape index (κ2) is 6.83. The quantitative estimate of drug-likeness (QED) is 0.643. The van der Waals surface area contributed by atoms with Crippen LogP contribution in [0.2, 0.25) is 0 Å². The van der Waals surface area contributed by atoms with Gasteiger partial charge in [-0.05, 0) is 26.8 Å². The number of benzene rings is 1. The van der Waals surface area contributed by atoms with E-state index in [1.54, 1.807) is 20.8 Å². The van der Waals surface area contributed by atoms with E-state index in [2.05, 4.69) is 5.32 Å². The number of carbonyl (C=O) groups excluding carboxylic acids is 1. The van der Waals surface area contributed by atoms with Crippen molar-refractivity contribution in [3.05, 3.63) is 33.6 Å². The summed E-state index contributed by atoms with van der Waals surface area (Å²) in [6, 6.07) is 1.99. The second-order valence-electron chi connectivity index (χ2n) is 4.11. The standard InChI is InChI=1S/C13H18FN3O3/c1-4-15-11-7-9(13(18)16(5-2)6-3)12(17(19)20)8-10(11)14/h7-8,15H,4-6H2,1-3H3. The first kappa shape index (κ1) is 15.9. The third-order valence-corrected chi connectivity index (χ3v) is 2.93. The van der Waals surface area contributed by atoms with Crippen molar-refractivity contribution in [1.82, 2.24) is 4.90 Å². The van der Waals surface area contributed by atoms with Crippen LogP contribution < -0.4 is 5.32 Å². The summed E-state index contributed by atoms with van der Waals surface area (Å²) in [6.45, 7) is 6.64. The van der Waals surface area contributed by atoms with E-state index in [-0.39, 0.29) is 11.3 Å².